The minimum absolute atomic E-state index is 0.238. The maximum atomic E-state index is 12.3. The van der Waals surface area contributed by atoms with Crippen molar-refractivity contribution in [2.75, 3.05) is 24.6 Å². The molecule has 2 aliphatic rings. The molecule has 2 aromatic rings. The fourth-order valence-corrected chi connectivity index (χ4v) is 4.43. The number of ether oxygens (including phenoxy) is 2. The summed E-state index contributed by atoms with van der Waals surface area (Å²) >= 11 is 0. The van der Waals surface area contributed by atoms with E-state index in [2.05, 4.69) is 28.7 Å². The Morgan fingerprint density at radius 1 is 1.18 bits per heavy atom. The van der Waals surface area contributed by atoms with Gasteiger partial charge in [0, 0.05) is 36.1 Å². The molecule has 1 aliphatic carbocycles. The van der Waals surface area contributed by atoms with E-state index in [0.29, 0.717) is 17.2 Å². The molecule has 1 aliphatic heterocycles. The number of aliphatic carboxylic acids is 1. The number of aromatic nitrogens is 2. The van der Waals surface area contributed by atoms with E-state index >= 15 is 0 Å². The molecule has 7 heteroatoms. The summed E-state index contributed by atoms with van der Waals surface area (Å²) in [6.07, 6.45) is 6.76. The average molecular weight is 468 g/mol. The zero-order valence-electron chi connectivity index (χ0n) is 21.0. The summed E-state index contributed by atoms with van der Waals surface area (Å²) in [5.74, 6) is 0.419. The molecule has 4 rings (SSSR count). The molecule has 0 aromatic carbocycles. The first-order chi connectivity index (χ1) is 16.1. The Balaban J connectivity index is 1.76. The molecule has 1 atom stereocenters. The fourth-order valence-electron chi connectivity index (χ4n) is 4.43. The van der Waals surface area contributed by atoms with E-state index in [1.165, 1.54) is 12.8 Å². The van der Waals surface area contributed by atoms with Gasteiger partial charge < -0.3 is 19.5 Å². The van der Waals surface area contributed by atoms with Crippen LogP contribution in [-0.4, -0.2) is 46.8 Å². The number of nitrogens with zero attached hydrogens (tertiary/aromatic N) is 3. The van der Waals surface area contributed by atoms with Gasteiger partial charge in [0.15, 0.2) is 6.10 Å². The monoisotopic (exact) mass is 467 g/mol. The number of carbonyl (C=O) groups is 1. The average Bonchev–Trinajstić information content (AvgIpc) is 3.61. The third kappa shape index (κ3) is 5.69. The first-order valence-electron chi connectivity index (χ1n) is 12.4. The Labute approximate surface area is 202 Å². The van der Waals surface area contributed by atoms with Gasteiger partial charge in [-0.1, -0.05) is 13.8 Å². The van der Waals surface area contributed by atoms with Crippen molar-refractivity contribution in [2.45, 2.75) is 72.5 Å². The van der Waals surface area contributed by atoms with Crippen LogP contribution in [0.15, 0.2) is 24.5 Å². The van der Waals surface area contributed by atoms with E-state index in [1.54, 1.807) is 6.20 Å². The fraction of sp³-hybridized carbons (Fsp3) is 0.593. The third-order valence-electron chi connectivity index (χ3n) is 6.81. The van der Waals surface area contributed by atoms with Crippen LogP contribution in [0, 0.1) is 18.3 Å². The van der Waals surface area contributed by atoms with Gasteiger partial charge in [-0.3, -0.25) is 9.97 Å². The Bertz CT molecular complexity index is 1010. The number of piperidine rings is 1. The summed E-state index contributed by atoms with van der Waals surface area (Å²) in [6, 6.07) is 3.88. The highest BCUT2D eigenvalue weighted by molar-refractivity contribution is 5.85. The molecule has 0 spiro atoms. The van der Waals surface area contributed by atoms with Crippen molar-refractivity contribution in [2.24, 2.45) is 11.3 Å². The Morgan fingerprint density at radius 3 is 2.44 bits per heavy atom. The lowest BCUT2D eigenvalue weighted by Gasteiger charge is -2.40. The van der Waals surface area contributed by atoms with Gasteiger partial charge in [-0.15, -0.1) is 0 Å². The highest BCUT2D eigenvalue weighted by Gasteiger charge is 2.34. The van der Waals surface area contributed by atoms with Crippen molar-refractivity contribution in [1.82, 2.24) is 9.97 Å². The Hall–Kier alpha value is -2.67. The van der Waals surface area contributed by atoms with Crippen LogP contribution in [0.2, 0.25) is 0 Å². The molecule has 1 saturated carbocycles. The van der Waals surface area contributed by atoms with Crippen LogP contribution in [0.4, 0.5) is 5.69 Å². The molecular formula is C27H37N3O4. The molecule has 184 valence electrons. The van der Waals surface area contributed by atoms with Crippen LogP contribution in [0.25, 0.3) is 11.3 Å². The summed E-state index contributed by atoms with van der Waals surface area (Å²) in [5.41, 5.74) is 4.00. The first kappa shape index (κ1) is 24.5. The second-order valence-corrected chi connectivity index (χ2v) is 10.7. The van der Waals surface area contributed by atoms with Crippen LogP contribution in [0.5, 0.6) is 5.75 Å². The molecule has 1 N–H and O–H groups in total. The molecule has 0 radical (unpaired) electrons. The van der Waals surface area contributed by atoms with E-state index in [9.17, 15) is 9.90 Å². The molecule has 2 aromatic heterocycles. The molecule has 34 heavy (non-hydrogen) atoms. The summed E-state index contributed by atoms with van der Waals surface area (Å²) in [6.45, 7) is 12.6. The molecule has 2 fully saturated rings. The van der Waals surface area contributed by atoms with Gasteiger partial charge >= 0.3 is 5.97 Å². The van der Waals surface area contributed by atoms with E-state index in [-0.39, 0.29) is 11.5 Å². The van der Waals surface area contributed by atoms with Crippen molar-refractivity contribution in [1.29, 1.82) is 0 Å². The van der Waals surface area contributed by atoms with Gasteiger partial charge in [-0.05, 0) is 69.9 Å². The molecular weight excluding hydrogens is 430 g/mol. The van der Waals surface area contributed by atoms with E-state index in [0.717, 1.165) is 55.2 Å². The molecule has 0 unspecified atom stereocenters. The van der Waals surface area contributed by atoms with Gasteiger partial charge in [0.25, 0.3) is 0 Å². The van der Waals surface area contributed by atoms with Crippen molar-refractivity contribution in [3.8, 4) is 17.0 Å². The summed E-state index contributed by atoms with van der Waals surface area (Å²) in [5, 5.41) is 10.1. The summed E-state index contributed by atoms with van der Waals surface area (Å²) < 4.78 is 11.8. The van der Waals surface area contributed by atoms with Gasteiger partial charge in [0.05, 0.1) is 30.3 Å². The lowest BCUT2D eigenvalue weighted by Crippen LogP contribution is -2.39. The predicted octanol–water partition coefficient (Wildman–Crippen LogP) is 5.42. The highest BCUT2D eigenvalue weighted by Crippen LogP contribution is 2.42. The number of anilines is 1. The zero-order valence-corrected chi connectivity index (χ0v) is 21.0. The molecule has 0 amide bonds. The summed E-state index contributed by atoms with van der Waals surface area (Å²) in [7, 11) is 0. The molecule has 0 bridgehead atoms. The Kier molecular flexibility index (Phi) is 7.12. The van der Waals surface area contributed by atoms with Crippen LogP contribution in [0.3, 0.4) is 0 Å². The first-order valence-corrected chi connectivity index (χ1v) is 12.4. The SMILES string of the molecule is Cc1ncc(-c2ccc(OCC3CC3)cn2)c(N2CCC(C)(C)CC2)c1[C@H](OC(C)C)C(=O)O. The number of carboxylic acid groups (broad SMARTS) is 1. The number of aryl methyl sites for hydroxylation is 1. The Morgan fingerprint density at radius 2 is 1.88 bits per heavy atom. The second-order valence-electron chi connectivity index (χ2n) is 10.7. The second kappa shape index (κ2) is 9.90. The van der Waals surface area contributed by atoms with Gasteiger partial charge in [-0.25, -0.2) is 4.79 Å². The van der Waals surface area contributed by atoms with E-state index in [1.807, 2.05) is 39.1 Å². The molecule has 7 nitrogen and oxygen atoms in total. The minimum atomic E-state index is -1.10. The lowest BCUT2D eigenvalue weighted by atomic mass is 9.82. The number of carboxylic acids is 1. The van der Waals surface area contributed by atoms with E-state index < -0.39 is 12.1 Å². The number of hydrogen-bond acceptors (Lipinski definition) is 6. The highest BCUT2D eigenvalue weighted by atomic mass is 16.5. The van der Waals surface area contributed by atoms with E-state index in [4.69, 9.17) is 9.47 Å². The van der Waals surface area contributed by atoms with Crippen molar-refractivity contribution in [3.63, 3.8) is 0 Å². The van der Waals surface area contributed by atoms with Crippen molar-refractivity contribution >= 4 is 11.7 Å². The van der Waals surface area contributed by atoms with Crippen LogP contribution in [-0.2, 0) is 9.53 Å². The molecule has 3 heterocycles. The number of rotatable bonds is 9. The normalized spacial score (nSPS) is 18.7. The molecule has 1 saturated heterocycles. The van der Waals surface area contributed by atoms with Crippen molar-refractivity contribution < 1.29 is 19.4 Å². The standard InChI is InChI=1S/C27H37N3O4/c1-17(2)34-25(26(31)32)23-18(3)28-15-21(24(23)30-12-10-27(4,5)11-13-30)22-9-8-20(14-29-22)33-16-19-6-7-19/h8-9,14-15,17,19,25H,6-7,10-13,16H2,1-5H3,(H,31,32)/t25-/m0/s1. The zero-order chi connectivity index (χ0) is 24.5. The maximum Gasteiger partial charge on any atom is 0.337 e. The number of hydrogen-bond donors (Lipinski definition) is 1. The third-order valence-corrected chi connectivity index (χ3v) is 6.81. The van der Waals surface area contributed by atoms with Crippen LogP contribution >= 0.6 is 0 Å². The minimum Gasteiger partial charge on any atom is -0.492 e. The van der Waals surface area contributed by atoms with Crippen LogP contribution in [0.1, 0.15) is 70.7 Å². The predicted molar refractivity (Wildman–Crippen MR) is 132 cm³/mol. The number of pyridine rings is 2. The maximum absolute atomic E-state index is 12.3. The van der Waals surface area contributed by atoms with Gasteiger partial charge in [0.2, 0.25) is 0 Å². The smallest absolute Gasteiger partial charge is 0.337 e. The van der Waals surface area contributed by atoms with Crippen molar-refractivity contribution in [3.05, 3.63) is 35.8 Å². The topological polar surface area (TPSA) is 84.8 Å². The largest absolute Gasteiger partial charge is 0.492 e. The quantitative estimate of drug-likeness (QED) is 0.527. The van der Waals surface area contributed by atoms with Gasteiger partial charge in [0.1, 0.15) is 5.75 Å². The van der Waals surface area contributed by atoms with Gasteiger partial charge in [-0.2, -0.15) is 0 Å². The lowest BCUT2D eigenvalue weighted by molar-refractivity contribution is -0.153. The van der Waals surface area contributed by atoms with Crippen LogP contribution < -0.4 is 9.64 Å². The summed E-state index contributed by atoms with van der Waals surface area (Å²) in [4.78, 5) is 23.9.